The Labute approximate surface area is 278 Å². The number of hydrogen-bond donors (Lipinski definition) is 3. The molecule has 2 heterocycles. The van der Waals surface area contributed by atoms with Gasteiger partial charge in [0.05, 0.1) is 23.3 Å². The van der Waals surface area contributed by atoms with Crippen molar-refractivity contribution in [3.8, 4) is 17.3 Å². The number of anilines is 2. The van der Waals surface area contributed by atoms with E-state index in [-0.39, 0.29) is 17.4 Å². The summed E-state index contributed by atoms with van der Waals surface area (Å²) in [6.07, 6.45) is 7.79. The maximum Gasteiger partial charge on any atom is 0.261 e. The zero-order valence-electron chi connectivity index (χ0n) is 27.1. The molecule has 4 rings (SSSR count). The van der Waals surface area contributed by atoms with Crippen molar-refractivity contribution in [1.82, 2.24) is 14.8 Å². The maximum absolute atomic E-state index is 13.1. The van der Waals surface area contributed by atoms with Gasteiger partial charge in [-0.15, -0.1) is 11.3 Å². The number of nitriles is 1. The summed E-state index contributed by atoms with van der Waals surface area (Å²) in [6, 6.07) is 16.0. The van der Waals surface area contributed by atoms with Gasteiger partial charge in [0.2, 0.25) is 5.91 Å². The highest BCUT2D eigenvalue weighted by molar-refractivity contribution is 7.92. The Morgan fingerprint density at radius 3 is 2.37 bits per heavy atom. The largest absolute Gasteiger partial charge is 0.395 e. The second kappa shape index (κ2) is 20.0. The summed E-state index contributed by atoms with van der Waals surface area (Å²) < 4.78 is 28.9. The zero-order chi connectivity index (χ0) is 33.2. The van der Waals surface area contributed by atoms with Gasteiger partial charge in [-0.1, -0.05) is 50.5 Å². The number of sulfonamides is 1. The van der Waals surface area contributed by atoms with Crippen LogP contribution in [0.1, 0.15) is 64.4 Å². The molecule has 0 unspecified atom stereocenters. The van der Waals surface area contributed by atoms with E-state index in [2.05, 4.69) is 31.7 Å². The van der Waals surface area contributed by atoms with Crippen LogP contribution < -0.4 is 10.0 Å². The van der Waals surface area contributed by atoms with Crippen LogP contribution in [0.4, 0.5) is 10.8 Å². The molecule has 1 amide bonds. The summed E-state index contributed by atoms with van der Waals surface area (Å²) in [5.41, 5.74) is 3.02. The Balaban J connectivity index is 0.00000185. The number of nitrogens with zero attached hydrogens (tertiary/aromatic N) is 4. The van der Waals surface area contributed by atoms with E-state index in [1.165, 1.54) is 36.7 Å². The maximum atomic E-state index is 13.1. The van der Waals surface area contributed by atoms with Gasteiger partial charge >= 0.3 is 0 Å². The fourth-order valence-electron chi connectivity index (χ4n) is 5.18. The first-order valence-corrected chi connectivity index (χ1v) is 18.5. The standard InChI is InChI=1S/C32H45N5O4S2.C2H3N/c1-2-3-5-9-26-13-15-28(16-14-26)35-43(40,41)29-11-8-10-27(24-29)30-25-42-32(33-30)34-31(39)12-6-4-7-17-36-18-20-37(21-19-36)22-23-38;1-2-3/h8,10-11,13-16,24-25,35,38H,2-7,9,12,17-23H2,1H3,(H,33,34,39);1H3. The molecule has 0 aliphatic carbocycles. The lowest BCUT2D eigenvalue weighted by atomic mass is 10.1. The van der Waals surface area contributed by atoms with Gasteiger partial charge in [-0.05, 0) is 62.1 Å². The average Bonchev–Trinajstić information content (AvgIpc) is 3.51. The van der Waals surface area contributed by atoms with Gasteiger partial charge in [0.25, 0.3) is 10.0 Å². The molecule has 10 nitrogen and oxygen atoms in total. The molecule has 1 saturated heterocycles. The first kappa shape index (κ1) is 37.1. The van der Waals surface area contributed by atoms with Crippen LogP contribution in [0, 0.1) is 11.3 Å². The fraction of sp³-hybridized carbons (Fsp3) is 0.500. The molecule has 3 aromatic rings. The number of aliphatic hydroxyl groups excluding tert-OH is 1. The van der Waals surface area contributed by atoms with E-state index >= 15 is 0 Å². The van der Waals surface area contributed by atoms with Gasteiger partial charge < -0.3 is 15.3 Å². The van der Waals surface area contributed by atoms with E-state index in [1.807, 2.05) is 23.6 Å². The van der Waals surface area contributed by atoms with Crippen LogP contribution in [-0.4, -0.2) is 80.1 Å². The number of aliphatic hydroxyl groups is 1. The highest BCUT2D eigenvalue weighted by Gasteiger charge is 2.17. The summed E-state index contributed by atoms with van der Waals surface area (Å²) in [5.74, 6) is -0.0598. The molecule has 0 bridgehead atoms. The van der Waals surface area contributed by atoms with E-state index in [9.17, 15) is 13.2 Å². The molecule has 3 N–H and O–H groups in total. The zero-order valence-corrected chi connectivity index (χ0v) is 28.7. The minimum atomic E-state index is -3.78. The average molecular weight is 669 g/mol. The Hall–Kier alpha value is -3.34. The van der Waals surface area contributed by atoms with Crippen LogP contribution in [0.2, 0.25) is 0 Å². The Kier molecular flexibility index (Phi) is 16.2. The first-order valence-electron chi connectivity index (χ1n) is 16.1. The number of aryl methyl sites for hydroxylation is 1. The molecule has 0 saturated carbocycles. The van der Waals surface area contributed by atoms with Crippen molar-refractivity contribution in [2.75, 3.05) is 55.9 Å². The number of piperazine rings is 1. The lowest BCUT2D eigenvalue weighted by Gasteiger charge is -2.34. The van der Waals surface area contributed by atoms with Crippen molar-refractivity contribution in [2.45, 2.75) is 70.1 Å². The molecule has 0 radical (unpaired) electrons. The predicted molar refractivity (Wildman–Crippen MR) is 186 cm³/mol. The quantitative estimate of drug-likeness (QED) is 0.149. The normalized spacial score (nSPS) is 13.8. The number of carbonyl (C=O) groups excluding carboxylic acids is 1. The lowest BCUT2D eigenvalue weighted by molar-refractivity contribution is -0.116. The van der Waals surface area contributed by atoms with Crippen molar-refractivity contribution in [2.24, 2.45) is 0 Å². The number of unbranched alkanes of at least 4 members (excludes halogenated alkanes) is 4. The molecule has 0 spiro atoms. The topological polar surface area (TPSA) is 139 Å². The van der Waals surface area contributed by atoms with Crippen molar-refractivity contribution in [1.29, 1.82) is 5.26 Å². The van der Waals surface area contributed by atoms with Crippen LogP contribution >= 0.6 is 11.3 Å². The Morgan fingerprint density at radius 1 is 1.00 bits per heavy atom. The molecule has 1 aliphatic rings. The number of β-amino-alcohol motifs (C(OH)–C–C–N with tert-alkyl or cyclic N) is 1. The third-order valence-corrected chi connectivity index (χ3v) is 9.86. The fourth-order valence-corrected chi connectivity index (χ4v) is 7.02. The number of amides is 1. The van der Waals surface area contributed by atoms with Crippen molar-refractivity contribution >= 4 is 38.1 Å². The van der Waals surface area contributed by atoms with E-state index in [0.717, 1.165) is 71.4 Å². The van der Waals surface area contributed by atoms with Gasteiger partial charge in [-0.25, -0.2) is 13.4 Å². The molecule has 0 atom stereocenters. The number of benzene rings is 2. The molecule has 1 aliphatic heterocycles. The number of nitrogens with one attached hydrogen (secondary N) is 2. The Morgan fingerprint density at radius 2 is 1.70 bits per heavy atom. The second-order valence-corrected chi connectivity index (χ2v) is 13.9. The number of hydrogen-bond acceptors (Lipinski definition) is 9. The molecule has 1 fully saturated rings. The third-order valence-electron chi connectivity index (χ3n) is 7.73. The molecule has 12 heteroatoms. The highest BCUT2D eigenvalue weighted by atomic mass is 32.2. The summed E-state index contributed by atoms with van der Waals surface area (Å²) >= 11 is 1.33. The number of aromatic nitrogens is 1. The summed E-state index contributed by atoms with van der Waals surface area (Å²) in [4.78, 5) is 21.9. The van der Waals surface area contributed by atoms with E-state index < -0.39 is 10.0 Å². The van der Waals surface area contributed by atoms with Crippen LogP contribution in [0.3, 0.4) is 0 Å². The minimum absolute atomic E-state index is 0.0598. The minimum Gasteiger partial charge on any atom is -0.395 e. The van der Waals surface area contributed by atoms with Crippen LogP contribution in [0.15, 0.2) is 58.8 Å². The third kappa shape index (κ3) is 12.8. The van der Waals surface area contributed by atoms with Crippen LogP contribution in [-0.2, 0) is 21.2 Å². The lowest BCUT2D eigenvalue weighted by Crippen LogP contribution is -2.47. The first-order chi connectivity index (χ1) is 22.3. The summed E-state index contributed by atoms with van der Waals surface area (Å²) in [7, 11) is -3.78. The molecular formula is C34H48N6O4S2. The van der Waals surface area contributed by atoms with E-state index in [0.29, 0.717) is 28.5 Å². The number of carbonyl (C=O) groups is 1. The SMILES string of the molecule is CC#N.CCCCCc1ccc(NS(=O)(=O)c2cccc(-c3csc(NC(=O)CCCCCN4CCN(CCO)CC4)n3)c2)cc1. The molecule has 2 aromatic carbocycles. The molecule has 1 aromatic heterocycles. The predicted octanol–water partition coefficient (Wildman–Crippen LogP) is 5.98. The number of thiazole rings is 1. The van der Waals surface area contributed by atoms with Gasteiger partial charge in [-0.3, -0.25) is 14.4 Å². The van der Waals surface area contributed by atoms with Gasteiger partial charge in [0.15, 0.2) is 5.13 Å². The van der Waals surface area contributed by atoms with Crippen molar-refractivity contribution in [3.05, 3.63) is 59.5 Å². The van der Waals surface area contributed by atoms with Gasteiger partial charge in [-0.2, -0.15) is 5.26 Å². The van der Waals surface area contributed by atoms with Crippen molar-refractivity contribution in [3.63, 3.8) is 0 Å². The monoisotopic (exact) mass is 668 g/mol. The second-order valence-electron chi connectivity index (χ2n) is 11.3. The van der Waals surface area contributed by atoms with Crippen LogP contribution in [0.5, 0.6) is 0 Å². The summed E-state index contributed by atoms with van der Waals surface area (Å²) in [6.45, 7) is 9.69. The summed E-state index contributed by atoms with van der Waals surface area (Å²) in [5, 5.41) is 21.6. The highest BCUT2D eigenvalue weighted by Crippen LogP contribution is 2.28. The smallest absolute Gasteiger partial charge is 0.261 e. The van der Waals surface area contributed by atoms with E-state index in [4.69, 9.17) is 10.4 Å². The van der Waals surface area contributed by atoms with E-state index in [1.54, 1.807) is 36.4 Å². The van der Waals surface area contributed by atoms with Crippen molar-refractivity contribution < 1.29 is 18.3 Å². The number of rotatable bonds is 17. The van der Waals surface area contributed by atoms with Gasteiger partial charge in [0, 0.05) is 62.7 Å². The molecule has 46 heavy (non-hydrogen) atoms. The Bertz CT molecular complexity index is 1480. The molecule has 250 valence electrons. The molecular weight excluding hydrogens is 621 g/mol. The van der Waals surface area contributed by atoms with Crippen LogP contribution in [0.25, 0.3) is 11.3 Å². The van der Waals surface area contributed by atoms with Gasteiger partial charge in [0.1, 0.15) is 0 Å².